The third kappa shape index (κ3) is 3.80. The van der Waals surface area contributed by atoms with Gasteiger partial charge >= 0.3 is 5.97 Å². The van der Waals surface area contributed by atoms with Crippen molar-refractivity contribution >= 4 is 29.5 Å². The van der Waals surface area contributed by atoms with Crippen molar-refractivity contribution in [3.63, 3.8) is 0 Å². The Hall–Kier alpha value is -2.45. The van der Waals surface area contributed by atoms with Crippen molar-refractivity contribution in [1.29, 1.82) is 0 Å². The Kier molecular flexibility index (Phi) is 5.30. The molecule has 3 rings (SSSR count). The number of rotatable bonds is 6. The Labute approximate surface area is 154 Å². The molecule has 0 radical (unpaired) electrons. The number of aromatic amines is 1. The van der Waals surface area contributed by atoms with Gasteiger partial charge in [0.2, 0.25) is 0 Å². The fourth-order valence-electron chi connectivity index (χ4n) is 2.32. The summed E-state index contributed by atoms with van der Waals surface area (Å²) >= 11 is 6.81. The van der Waals surface area contributed by atoms with Crippen LogP contribution < -0.4 is 9.47 Å². The van der Waals surface area contributed by atoms with Crippen molar-refractivity contribution in [3.8, 4) is 22.2 Å². The third-order valence-corrected chi connectivity index (χ3v) is 4.68. The first-order chi connectivity index (χ1) is 12.1. The van der Waals surface area contributed by atoms with Crippen LogP contribution in [0.3, 0.4) is 0 Å². The molecule has 1 N–H and O–H groups in total. The van der Waals surface area contributed by atoms with Crippen LogP contribution in [0.1, 0.15) is 19.9 Å². The first-order valence-electron chi connectivity index (χ1n) is 7.75. The highest BCUT2D eigenvalue weighted by Gasteiger charge is 2.23. The van der Waals surface area contributed by atoms with Crippen LogP contribution in [-0.4, -0.2) is 27.3 Å². The predicted octanol–water partition coefficient (Wildman–Crippen LogP) is 4.23. The normalized spacial score (nSPS) is 11.9. The molecule has 0 spiro atoms. The predicted molar refractivity (Wildman–Crippen MR) is 98.7 cm³/mol. The topological polar surface area (TPSA) is 69.1 Å². The number of ether oxygens (including phenoxy) is 2. The summed E-state index contributed by atoms with van der Waals surface area (Å²) < 4.78 is 12.9. The molecule has 0 saturated carbocycles. The number of esters is 1. The highest BCUT2D eigenvalue weighted by molar-refractivity contribution is 7.71. The lowest BCUT2D eigenvalue weighted by Crippen LogP contribution is -2.22. The van der Waals surface area contributed by atoms with E-state index in [-0.39, 0.29) is 0 Å². The number of nitrogens with zero attached hydrogens (tertiary/aromatic N) is 2. The molecule has 0 aliphatic heterocycles. The third-order valence-electron chi connectivity index (χ3n) is 3.53. The van der Waals surface area contributed by atoms with Crippen LogP contribution >= 0.6 is 23.6 Å². The fourth-order valence-corrected chi connectivity index (χ4v) is 3.32. The zero-order valence-corrected chi connectivity index (χ0v) is 15.4. The molecular weight excluding hydrogens is 358 g/mol. The van der Waals surface area contributed by atoms with E-state index in [1.807, 2.05) is 24.4 Å². The van der Waals surface area contributed by atoms with Gasteiger partial charge in [-0.1, -0.05) is 6.07 Å². The van der Waals surface area contributed by atoms with E-state index >= 15 is 0 Å². The molecule has 0 aliphatic rings. The summed E-state index contributed by atoms with van der Waals surface area (Å²) in [7, 11) is 0. The second-order valence-electron chi connectivity index (χ2n) is 5.20. The highest BCUT2D eigenvalue weighted by atomic mass is 32.1. The molecular formula is C17H17N3O3S2. The first-order valence-corrected chi connectivity index (χ1v) is 9.04. The van der Waals surface area contributed by atoms with Crippen molar-refractivity contribution in [2.24, 2.45) is 0 Å². The van der Waals surface area contributed by atoms with Crippen LogP contribution in [0, 0.1) is 4.77 Å². The summed E-state index contributed by atoms with van der Waals surface area (Å²) in [6.07, 6.45) is 0. The summed E-state index contributed by atoms with van der Waals surface area (Å²) in [5.41, 5.74) is 0. The Morgan fingerprint density at radius 2 is 2.04 bits per heavy atom. The lowest BCUT2D eigenvalue weighted by atomic mass is 10.3. The molecule has 2 aromatic heterocycles. The molecule has 0 aliphatic carbocycles. The first kappa shape index (κ1) is 17.4. The number of nitrogens with one attached hydrogen (secondary N) is 1. The van der Waals surface area contributed by atoms with Gasteiger partial charge in [0.25, 0.3) is 0 Å². The van der Waals surface area contributed by atoms with Gasteiger partial charge in [0.1, 0.15) is 17.5 Å². The zero-order valence-electron chi connectivity index (χ0n) is 13.8. The summed E-state index contributed by atoms with van der Waals surface area (Å²) in [6, 6.07) is 10.2. The maximum absolute atomic E-state index is 12.5. The molecule has 25 heavy (non-hydrogen) atoms. The minimum Gasteiger partial charge on any atom is -0.494 e. The van der Waals surface area contributed by atoms with Crippen LogP contribution in [0.25, 0.3) is 10.7 Å². The lowest BCUT2D eigenvalue weighted by molar-refractivity contribution is -0.137. The number of carbonyl (C=O) groups excluding carboxylic acids is 1. The largest absolute Gasteiger partial charge is 0.494 e. The summed E-state index contributed by atoms with van der Waals surface area (Å²) in [6.45, 7) is 4.23. The molecule has 1 atom stereocenters. The molecule has 130 valence electrons. The molecule has 0 amide bonds. The Morgan fingerprint density at radius 1 is 1.32 bits per heavy atom. The number of hydrogen-bond acceptors (Lipinski definition) is 6. The van der Waals surface area contributed by atoms with E-state index in [1.165, 1.54) is 11.3 Å². The molecule has 0 fully saturated rings. The minimum absolute atomic E-state index is 0.375. The van der Waals surface area contributed by atoms with Gasteiger partial charge in [0, 0.05) is 0 Å². The Bertz CT molecular complexity index is 898. The van der Waals surface area contributed by atoms with E-state index in [2.05, 4.69) is 10.2 Å². The molecule has 6 nitrogen and oxygen atoms in total. The highest BCUT2D eigenvalue weighted by Crippen LogP contribution is 2.26. The molecule has 2 heterocycles. The maximum atomic E-state index is 12.5. The maximum Gasteiger partial charge on any atom is 0.334 e. The molecule has 0 unspecified atom stereocenters. The quantitative estimate of drug-likeness (QED) is 0.397. The number of H-pyrrole nitrogens is 1. The Balaban J connectivity index is 1.79. The van der Waals surface area contributed by atoms with E-state index in [0.717, 1.165) is 10.6 Å². The van der Waals surface area contributed by atoms with Gasteiger partial charge in [-0.05, 0) is 61.8 Å². The number of carbonyl (C=O) groups is 1. The Morgan fingerprint density at radius 3 is 2.68 bits per heavy atom. The second-order valence-corrected chi connectivity index (χ2v) is 6.54. The van der Waals surface area contributed by atoms with Gasteiger partial charge < -0.3 is 9.47 Å². The summed E-state index contributed by atoms with van der Waals surface area (Å²) in [4.78, 5) is 13.5. The van der Waals surface area contributed by atoms with Crippen LogP contribution in [0.4, 0.5) is 0 Å². The van der Waals surface area contributed by atoms with E-state index in [9.17, 15) is 4.79 Å². The van der Waals surface area contributed by atoms with Crippen LogP contribution in [-0.2, 0) is 4.79 Å². The summed E-state index contributed by atoms with van der Waals surface area (Å²) in [5.74, 6) is 1.39. The van der Waals surface area contributed by atoms with Gasteiger partial charge in [-0.3, -0.25) is 9.67 Å². The number of thiophene rings is 1. The SMILES string of the molecule is CCOc1ccc(OC(=O)[C@H](C)n2c(-c3cccs3)n[nH]c2=S)cc1. The molecule has 0 saturated heterocycles. The van der Waals surface area contributed by atoms with Gasteiger partial charge in [-0.25, -0.2) is 4.79 Å². The smallest absolute Gasteiger partial charge is 0.334 e. The number of hydrogen-bond donors (Lipinski definition) is 1. The van der Waals surface area contributed by atoms with Crippen molar-refractivity contribution in [2.75, 3.05) is 6.61 Å². The fraction of sp³-hybridized carbons (Fsp3) is 0.235. The monoisotopic (exact) mass is 375 g/mol. The molecule has 3 aromatic rings. The summed E-state index contributed by atoms with van der Waals surface area (Å²) in [5, 5.41) is 8.92. The second kappa shape index (κ2) is 7.62. The molecule has 0 bridgehead atoms. The molecule has 1 aromatic carbocycles. The van der Waals surface area contributed by atoms with E-state index in [0.29, 0.717) is 23.0 Å². The van der Waals surface area contributed by atoms with E-state index < -0.39 is 12.0 Å². The zero-order chi connectivity index (χ0) is 17.8. The van der Waals surface area contributed by atoms with Gasteiger partial charge in [-0.15, -0.1) is 11.3 Å². The van der Waals surface area contributed by atoms with Crippen molar-refractivity contribution < 1.29 is 14.3 Å². The van der Waals surface area contributed by atoms with Crippen LogP contribution in [0.2, 0.25) is 0 Å². The number of aromatic nitrogens is 3. The van der Waals surface area contributed by atoms with Crippen molar-refractivity contribution in [3.05, 3.63) is 46.5 Å². The minimum atomic E-state index is -0.616. The van der Waals surface area contributed by atoms with Gasteiger partial charge in [0.05, 0.1) is 11.5 Å². The number of benzene rings is 1. The average molecular weight is 375 g/mol. The van der Waals surface area contributed by atoms with E-state index in [4.69, 9.17) is 21.7 Å². The van der Waals surface area contributed by atoms with Crippen molar-refractivity contribution in [1.82, 2.24) is 14.8 Å². The van der Waals surface area contributed by atoms with Gasteiger partial charge in [0.15, 0.2) is 10.6 Å². The standard InChI is InChI=1S/C17H17N3O3S2/c1-3-22-12-6-8-13(9-7-12)23-16(21)11(2)20-15(18-19-17(20)24)14-5-4-10-25-14/h4-11H,3H2,1-2H3,(H,19,24)/t11-/m0/s1. The van der Waals surface area contributed by atoms with Crippen LogP contribution in [0.15, 0.2) is 41.8 Å². The van der Waals surface area contributed by atoms with Crippen LogP contribution in [0.5, 0.6) is 11.5 Å². The van der Waals surface area contributed by atoms with E-state index in [1.54, 1.807) is 35.8 Å². The van der Waals surface area contributed by atoms with Crippen molar-refractivity contribution in [2.45, 2.75) is 19.9 Å². The van der Waals surface area contributed by atoms with Gasteiger partial charge in [-0.2, -0.15) is 5.10 Å². The lowest BCUT2D eigenvalue weighted by Gasteiger charge is -2.14. The molecule has 8 heteroatoms. The average Bonchev–Trinajstić information content (AvgIpc) is 3.25.